The van der Waals surface area contributed by atoms with Crippen LogP contribution in [0.5, 0.6) is 0 Å². The monoisotopic (exact) mass is 220 g/mol. The Morgan fingerprint density at radius 1 is 1.56 bits per heavy atom. The fourth-order valence-corrected chi connectivity index (χ4v) is 1.52. The van der Waals surface area contributed by atoms with Gasteiger partial charge in [-0.25, -0.2) is 9.97 Å². The van der Waals surface area contributed by atoms with E-state index in [9.17, 15) is 4.79 Å². The van der Waals surface area contributed by atoms with Gasteiger partial charge in [0.2, 0.25) is 0 Å². The number of carbonyl (C=O) groups is 1. The number of nitrogens with zero attached hydrogens (tertiary/aromatic N) is 3. The van der Waals surface area contributed by atoms with Crippen molar-refractivity contribution >= 4 is 17.0 Å². The second kappa shape index (κ2) is 3.88. The van der Waals surface area contributed by atoms with Crippen molar-refractivity contribution in [3.63, 3.8) is 0 Å². The molecule has 0 aliphatic rings. The molecule has 6 nitrogen and oxygen atoms in total. The van der Waals surface area contributed by atoms with Crippen LogP contribution in [-0.4, -0.2) is 31.2 Å². The third kappa shape index (κ3) is 1.86. The van der Waals surface area contributed by atoms with Crippen LogP contribution in [0.3, 0.4) is 0 Å². The lowest BCUT2D eigenvalue weighted by Gasteiger charge is -2.00. The summed E-state index contributed by atoms with van der Waals surface area (Å²) in [6.07, 6.45) is 1.44. The summed E-state index contributed by atoms with van der Waals surface area (Å²) >= 11 is 0. The van der Waals surface area contributed by atoms with Gasteiger partial charge < -0.3 is 5.11 Å². The van der Waals surface area contributed by atoms with Gasteiger partial charge in [0.1, 0.15) is 12.2 Å². The molecule has 0 saturated carbocycles. The number of carboxylic acid groups (broad SMARTS) is 1. The second-order valence-electron chi connectivity index (χ2n) is 3.89. The predicted octanol–water partition coefficient (Wildman–Crippen LogP) is 1.10. The first-order valence-corrected chi connectivity index (χ1v) is 4.99. The van der Waals surface area contributed by atoms with E-state index in [2.05, 4.69) is 20.2 Å². The molecule has 2 rings (SSSR count). The molecule has 0 saturated heterocycles. The Morgan fingerprint density at radius 2 is 2.31 bits per heavy atom. The van der Waals surface area contributed by atoms with Crippen LogP contribution in [0, 0.1) is 0 Å². The van der Waals surface area contributed by atoms with Gasteiger partial charge in [-0.05, 0) is 5.92 Å². The highest BCUT2D eigenvalue weighted by atomic mass is 16.4. The average Bonchev–Trinajstić information content (AvgIpc) is 2.59. The third-order valence-corrected chi connectivity index (χ3v) is 2.28. The molecule has 0 radical (unpaired) electrons. The molecule has 0 aliphatic heterocycles. The van der Waals surface area contributed by atoms with Gasteiger partial charge in [0.15, 0.2) is 5.65 Å². The molecule has 2 N–H and O–H groups in total. The zero-order valence-corrected chi connectivity index (χ0v) is 9.06. The van der Waals surface area contributed by atoms with Gasteiger partial charge in [-0.2, -0.15) is 5.10 Å². The standard InChI is InChI=1S/C10H12N4O2/c1-5(2)9-6-4-11-7(3-8(15)16)12-10(6)14-13-9/h4-5H,3H2,1-2H3,(H,15,16)(H,11,12,13,14). The molecule has 2 heterocycles. The van der Waals surface area contributed by atoms with E-state index in [1.807, 2.05) is 13.8 Å². The Balaban J connectivity index is 2.45. The summed E-state index contributed by atoms with van der Waals surface area (Å²) in [5.74, 6) is -0.361. The molecule has 0 aromatic carbocycles. The minimum atomic E-state index is -0.945. The fraction of sp³-hybridized carbons (Fsp3) is 0.400. The highest BCUT2D eigenvalue weighted by Gasteiger charge is 2.12. The van der Waals surface area contributed by atoms with Crippen LogP contribution >= 0.6 is 0 Å². The molecule has 0 unspecified atom stereocenters. The van der Waals surface area contributed by atoms with Crippen molar-refractivity contribution in [3.8, 4) is 0 Å². The Labute approximate surface area is 91.7 Å². The third-order valence-electron chi connectivity index (χ3n) is 2.28. The van der Waals surface area contributed by atoms with Crippen molar-refractivity contribution < 1.29 is 9.90 Å². The van der Waals surface area contributed by atoms with Gasteiger partial charge in [-0.3, -0.25) is 9.89 Å². The molecule has 84 valence electrons. The van der Waals surface area contributed by atoms with Gasteiger partial charge >= 0.3 is 5.97 Å². The zero-order valence-electron chi connectivity index (χ0n) is 9.06. The molecule has 0 fully saturated rings. The Bertz CT molecular complexity index is 533. The van der Waals surface area contributed by atoms with E-state index in [0.717, 1.165) is 11.1 Å². The van der Waals surface area contributed by atoms with Crippen LogP contribution in [-0.2, 0) is 11.2 Å². The first-order valence-electron chi connectivity index (χ1n) is 4.99. The van der Waals surface area contributed by atoms with E-state index in [4.69, 9.17) is 5.11 Å². The smallest absolute Gasteiger partial charge is 0.311 e. The van der Waals surface area contributed by atoms with E-state index in [0.29, 0.717) is 11.6 Å². The normalized spacial score (nSPS) is 11.2. The lowest BCUT2D eigenvalue weighted by atomic mass is 10.1. The minimum absolute atomic E-state index is 0.181. The quantitative estimate of drug-likeness (QED) is 0.808. The molecule has 0 aliphatic carbocycles. The van der Waals surface area contributed by atoms with Crippen LogP contribution in [0.15, 0.2) is 6.20 Å². The summed E-state index contributed by atoms with van der Waals surface area (Å²) < 4.78 is 0. The molecule has 2 aromatic rings. The number of hydrogen-bond donors (Lipinski definition) is 2. The van der Waals surface area contributed by atoms with Crippen molar-refractivity contribution in [2.24, 2.45) is 0 Å². The van der Waals surface area contributed by atoms with Crippen LogP contribution < -0.4 is 0 Å². The van der Waals surface area contributed by atoms with Crippen LogP contribution in [0.4, 0.5) is 0 Å². The number of H-pyrrole nitrogens is 1. The molecule has 0 atom stereocenters. The summed E-state index contributed by atoms with van der Waals surface area (Å²) in [6.45, 7) is 4.08. The first-order chi connectivity index (χ1) is 7.58. The Kier molecular flexibility index (Phi) is 2.55. The van der Waals surface area contributed by atoms with Gasteiger partial charge in [-0.15, -0.1) is 0 Å². The zero-order chi connectivity index (χ0) is 11.7. The van der Waals surface area contributed by atoms with Gasteiger partial charge in [-0.1, -0.05) is 13.8 Å². The van der Waals surface area contributed by atoms with Crippen molar-refractivity contribution in [1.29, 1.82) is 0 Å². The van der Waals surface area contributed by atoms with E-state index < -0.39 is 5.97 Å². The topological polar surface area (TPSA) is 91.8 Å². The molecule has 6 heteroatoms. The molecular formula is C10H12N4O2. The number of aromatic nitrogens is 4. The summed E-state index contributed by atoms with van der Waals surface area (Å²) in [5, 5.41) is 16.4. The molecular weight excluding hydrogens is 208 g/mol. The molecule has 0 spiro atoms. The highest BCUT2D eigenvalue weighted by Crippen LogP contribution is 2.20. The van der Waals surface area contributed by atoms with Gasteiger partial charge in [0.05, 0.1) is 5.39 Å². The maximum atomic E-state index is 10.5. The number of carboxylic acids is 1. The van der Waals surface area contributed by atoms with E-state index >= 15 is 0 Å². The summed E-state index contributed by atoms with van der Waals surface area (Å²) in [4.78, 5) is 18.6. The number of nitrogens with one attached hydrogen (secondary N) is 1. The SMILES string of the molecule is CC(C)c1[nH]nc2nc(CC(=O)O)ncc12. The second-order valence-corrected chi connectivity index (χ2v) is 3.89. The fourth-order valence-electron chi connectivity index (χ4n) is 1.52. The number of hydrogen-bond acceptors (Lipinski definition) is 4. The van der Waals surface area contributed by atoms with Crippen LogP contribution in [0.1, 0.15) is 31.3 Å². The highest BCUT2D eigenvalue weighted by molar-refractivity contribution is 5.78. The van der Waals surface area contributed by atoms with Crippen molar-refractivity contribution in [3.05, 3.63) is 17.7 Å². The van der Waals surface area contributed by atoms with E-state index in [-0.39, 0.29) is 12.2 Å². The molecule has 2 aromatic heterocycles. The summed E-state index contributed by atoms with van der Waals surface area (Å²) in [5.41, 5.74) is 1.49. The number of rotatable bonds is 3. The van der Waals surface area contributed by atoms with Crippen molar-refractivity contribution in [1.82, 2.24) is 20.2 Å². The maximum absolute atomic E-state index is 10.5. The maximum Gasteiger partial charge on any atom is 0.311 e. The minimum Gasteiger partial charge on any atom is -0.481 e. The Morgan fingerprint density at radius 3 is 2.94 bits per heavy atom. The van der Waals surface area contributed by atoms with Crippen LogP contribution in [0.25, 0.3) is 11.0 Å². The van der Waals surface area contributed by atoms with E-state index in [1.54, 1.807) is 6.20 Å². The van der Waals surface area contributed by atoms with Gasteiger partial charge in [0.25, 0.3) is 0 Å². The summed E-state index contributed by atoms with van der Waals surface area (Å²) in [6, 6.07) is 0. The molecule has 0 bridgehead atoms. The first kappa shape index (κ1) is 10.5. The van der Waals surface area contributed by atoms with Crippen LogP contribution in [0.2, 0.25) is 0 Å². The largest absolute Gasteiger partial charge is 0.481 e. The Hall–Kier alpha value is -1.98. The number of fused-ring (bicyclic) bond motifs is 1. The lowest BCUT2D eigenvalue weighted by molar-refractivity contribution is -0.136. The molecule has 16 heavy (non-hydrogen) atoms. The lowest BCUT2D eigenvalue weighted by Crippen LogP contribution is -2.04. The van der Waals surface area contributed by atoms with Crippen molar-refractivity contribution in [2.75, 3.05) is 0 Å². The van der Waals surface area contributed by atoms with E-state index in [1.165, 1.54) is 0 Å². The number of aromatic amines is 1. The van der Waals surface area contributed by atoms with Crippen molar-refractivity contribution in [2.45, 2.75) is 26.2 Å². The summed E-state index contributed by atoms with van der Waals surface area (Å²) in [7, 11) is 0. The average molecular weight is 220 g/mol. The molecule has 0 amide bonds. The number of aliphatic carboxylic acids is 1. The predicted molar refractivity (Wildman–Crippen MR) is 57.1 cm³/mol. The van der Waals surface area contributed by atoms with Gasteiger partial charge in [0, 0.05) is 11.9 Å².